The molecule has 0 aliphatic carbocycles. The summed E-state index contributed by atoms with van der Waals surface area (Å²) < 4.78 is 3.41. The van der Waals surface area contributed by atoms with E-state index in [1.54, 1.807) is 0 Å². The molecule has 15 heavy (non-hydrogen) atoms. The van der Waals surface area contributed by atoms with Crippen LogP contribution in [-0.4, -0.2) is 0 Å². The van der Waals surface area contributed by atoms with Gasteiger partial charge in [0.05, 0.1) is 0 Å². The molecule has 0 bridgehead atoms. The van der Waals surface area contributed by atoms with Gasteiger partial charge >= 0.3 is 0 Å². The summed E-state index contributed by atoms with van der Waals surface area (Å²) in [5.74, 6) is 0. The lowest BCUT2D eigenvalue weighted by atomic mass is 10.1. The Labute approximate surface area is 119 Å². The standard InChI is InChI=1S/C12H7Br2I/c13-10-6-9(7-11(15)12(10)14)8-4-2-1-3-5-8/h1-7H. The molecule has 0 saturated heterocycles. The molecule has 0 aliphatic heterocycles. The second-order valence-electron chi connectivity index (χ2n) is 3.12. The van der Waals surface area contributed by atoms with E-state index < -0.39 is 0 Å². The minimum Gasteiger partial charge on any atom is -0.0622 e. The molecule has 0 unspecified atom stereocenters. The molecule has 0 aromatic heterocycles. The minimum atomic E-state index is 1.09. The highest BCUT2D eigenvalue weighted by Crippen LogP contribution is 2.33. The van der Waals surface area contributed by atoms with Gasteiger partial charge in [-0.15, -0.1) is 0 Å². The van der Waals surface area contributed by atoms with Crippen molar-refractivity contribution in [1.29, 1.82) is 0 Å². The van der Waals surface area contributed by atoms with Crippen molar-refractivity contribution in [3.05, 3.63) is 55.0 Å². The molecule has 2 aromatic rings. The van der Waals surface area contributed by atoms with Crippen LogP contribution in [0.4, 0.5) is 0 Å². The molecule has 0 fully saturated rings. The molecule has 0 N–H and O–H groups in total. The van der Waals surface area contributed by atoms with Crippen LogP contribution in [0.5, 0.6) is 0 Å². The molecule has 0 heterocycles. The normalized spacial score (nSPS) is 10.3. The predicted octanol–water partition coefficient (Wildman–Crippen LogP) is 5.48. The largest absolute Gasteiger partial charge is 0.0622 e. The summed E-state index contributed by atoms with van der Waals surface area (Å²) >= 11 is 9.40. The summed E-state index contributed by atoms with van der Waals surface area (Å²) in [5.41, 5.74) is 2.47. The van der Waals surface area contributed by atoms with Crippen LogP contribution in [0.25, 0.3) is 11.1 Å². The van der Waals surface area contributed by atoms with Gasteiger partial charge in [-0.2, -0.15) is 0 Å². The van der Waals surface area contributed by atoms with Gasteiger partial charge in [0.1, 0.15) is 0 Å². The van der Waals surface area contributed by atoms with Crippen LogP contribution in [0.3, 0.4) is 0 Å². The van der Waals surface area contributed by atoms with Gasteiger partial charge in [0.15, 0.2) is 0 Å². The summed E-state index contributed by atoms with van der Waals surface area (Å²) in [5, 5.41) is 0. The Kier molecular flexibility index (Phi) is 3.85. The monoisotopic (exact) mass is 436 g/mol. The van der Waals surface area contributed by atoms with Crippen molar-refractivity contribution in [3.8, 4) is 11.1 Å². The lowest BCUT2D eigenvalue weighted by Crippen LogP contribution is -1.82. The summed E-state index contributed by atoms with van der Waals surface area (Å²) in [6, 6.07) is 14.7. The molecular formula is C12H7Br2I. The minimum absolute atomic E-state index is 1.09. The Morgan fingerprint density at radius 2 is 1.53 bits per heavy atom. The van der Waals surface area contributed by atoms with Crippen LogP contribution < -0.4 is 0 Å². The Morgan fingerprint density at radius 3 is 2.13 bits per heavy atom. The van der Waals surface area contributed by atoms with E-state index in [-0.39, 0.29) is 0 Å². The average molecular weight is 438 g/mol. The van der Waals surface area contributed by atoms with Gasteiger partial charge in [-0.1, -0.05) is 30.3 Å². The van der Waals surface area contributed by atoms with Crippen molar-refractivity contribution in [2.24, 2.45) is 0 Å². The lowest BCUT2D eigenvalue weighted by Gasteiger charge is -2.06. The van der Waals surface area contributed by atoms with Crippen LogP contribution in [0, 0.1) is 3.57 Å². The average Bonchev–Trinajstić information content (AvgIpc) is 2.26. The molecule has 2 aromatic carbocycles. The zero-order valence-corrected chi connectivity index (χ0v) is 13.0. The number of rotatable bonds is 1. The van der Waals surface area contributed by atoms with Crippen molar-refractivity contribution < 1.29 is 0 Å². The van der Waals surface area contributed by atoms with E-state index in [2.05, 4.69) is 90.8 Å². The van der Waals surface area contributed by atoms with Gasteiger partial charge in [-0.25, -0.2) is 0 Å². The first-order chi connectivity index (χ1) is 7.18. The van der Waals surface area contributed by atoms with Gasteiger partial charge in [0.2, 0.25) is 0 Å². The van der Waals surface area contributed by atoms with E-state index in [9.17, 15) is 0 Å². The smallest absolute Gasteiger partial charge is 0.0451 e. The highest BCUT2D eigenvalue weighted by atomic mass is 127. The van der Waals surface area contributed by atoms with Gasteiger partial charge in [-0.05, 0) is 77.7 Å². The van der Waals surface area contributed by atoms with Gasteiger partial charge < -0.3 is 0 Å². The second kappa shape index (κ2) is 4.97. The lowest BCUT2D eigenvalue weighted by molar-refractivity contribution is 1.51. The molecule has 0 amide bonds. The first-order valence-corrected chi connectivity index (χ1v) is 7.05. The predicted molar refractivity (Wildman–Crippen MR) is 80.0 cm³/mol. The Bertz CT molecular complexity index is 457. The van der Waals surface area contributed by atoms with E-state index in [0.29, 0.717) is 0 Å². The molecule has 0 atom stereocenters. The number of hydrogen-bond donors (Lipinski definition) is 0. The fourth-order valence-corrected chi connectivity index (χ4v) is 3.04. The highest BCUT2D eigenvalue weighted by molar-refractivity contribution is 14.1. The van der Waals surface area contributed by atoms with Crippen molar-refractivity contribution in [3.63, 3.8) is 0 Å². The molecule has 0 radical (unpaired) electrons. The van der Waals surface area contributed by atoms with Gasteiger partial charge in [-0.3, -0.25) is 0 Å². The van der Waals surface area contributed by atoms with E-state index in [4.69, 9.17) is 0 Å². The maximum atomic E-state index is 3.54. The van der Waals surface area contributed by atoms with Crippen molar-refractivity contribution in [2.45, 2.75) is 0 Å². The molecule has 0 nitrogen and oxygen atoms in total. The van der Waals surface area contributed by atoms with E-state index in [1.807, 2.05) is 6.07 Å². The molecule has 0 aliphatic rings. The summed E-state index contributed by atoms with van der Waals surface area (Å²) in [6.07, 6.45) is 0. The summed E-state index contributed by atoms with van der Waals surface area (Å²) in [4.78, 5) is 0. The fraction of sp³-hybridized carbons (Fsp3) is 0. The molecular weight excluding hydrogens is 431 g/mol. The maximum Gasteiger partial charge on any atom is 0.0451 e. The first kappa shape index (κ1) is 11.6. The molecule has 2 rings (SSSR count). The fourth-order valence-electron chi connectivity index (χ4n) is 1.35. The number of halogens is 3. The molecule has 76 valence electrons. The zero-order valence-electron chi connectivity index (χ0n) is 7.68. The van der Waals surface area contributed by atoms with Crippen molar-refractivity contribution in [1.82, 2.24) is 0 Å². The van der Waals surface area contributed by atoms with Crippen LogP contribution in [-0.2, 0) is 0 Å². The van der Waals surface area contributed by atoms with E-state index in [1.165, 1.54) is 14.7 Å². The van der Waals surface area contributed by atoms with Gasteiger partial charge in [0, 0.05) is 12.5 Å². The number of benzene rings is 2. The number of hydrogen-bond acceptors (Lipinski definition) is 0. The summed E-state index contributed by atoms with van der Waals surface area (Å²) in [6.45, 7) is 0. The topological polar surface area (TPSA) is 0 Å². The third-order valence-corrected chi connectivity index (χ3v) is 5.69. The molecule has 0 saturated carbocycles. The SMILES string of the molecule is Brc1cc(-c2ccccc2)cc(I)c1Br. The van der Waals surface area contributed by atoms with E-state index >= 15 is 0 Å². The third kappa shape index (κ3) is 2.63. The van der Waals surface area contributed by atoms with Crippen LogP contribution in [0.2, 0.25) is 0 Å². The van der Waals surface area contributed by atoms with Crippen LogP contribution >= 0.6 is 54.5 Å². The summed E-state index contributed by atoms with van der Waals surface area (Å²) in [7, 11) is 0. The molecule has 3 heteroatoms. The third-order valence-electron chi connectivity index (χ3n) is 2.09. The van der Waals surface area contributed by atoms with Gasteiger partial charge in [0.25, 0.3) is 0 Å². The van der Waals surface area contributed by atoms with E-state index in [0.717, 1.165) is 8.95 Å². The van der Waals surface area contributed by atoms with Crippen LogP contribution in [0.15, 0.2) is 51.4 Å². The molecule has 0 spiro atoms. The van der Waals surface area contributed by atoms with Crippen LogP contribution in [0.1, 0.15) is 0 Å². The Balaban J connectivity index is 2.56. The van der Waals surface area contributed by atoms with Crippen molar-refractivity contribution >= 4 is 54.5 Å². The Morgan fingerprint density at radius 1 is 0.867 bits per heavy atom. The second-order valence-corrected chi connectivity index (χ2v) is 5.93. The maximum absolute atomic E-state index is 3.54. The highest BCUT2D eigenvalue weighted by Gasteiger charge is 2.05. The first-order valence-electron chi connectivity index (χ1n) is 4.38. The zero-order chi connectivity index (χ0) is 10.8. The van der Waals surface area contributed by atoms with Crippen molar-refractivity contribution in [2.75, 3.05) is 0 Å². The Hall–Kier alpha value is 0.130. The quantitative estimate of drug-likeness (QED) is 0.409.